The minimum Gasteiger partial charge on any atom is -0.487 e. The number of likely N-dealkylation sites (tertiary alicyclic amines) is 1. The van der Waals surface area contributed by atoms with Crippen LogP contribution in [0.15, 0.2) is 40.8 Å². The average molecular weight is 427 g/mol. The van der Waals surface area contributed by atoms with Crippen molar-refractivity contribution < 1.29 is 23.1 Å². The Morgan fingerprint density at radius 1 is 1.17 bits per heavy atom. The van der Waals surface area contributed by atoms with Crippen LogP contribution in [0.25, 0.3) is 11.5 Å². The van der Waals surface area contributed by atoms with Gasteiger partial charge in [-0.3, -0.25) is 9.59 Å². The van der Waals surface area contributed by atoms with Gasteiger partial charge in [-0.25, -0.2) is 9.37 Å². The highest BCUT2D eigenvalue weighted by atomic mass is 35.5. The van der Waals surface area contributed by atoms with Crippen molar-refractivity contribution in [2.24, 2.45) is 0 Å². The second-order valence-electron chi connectivity index (χ2n) is 7.43. The number of rotatable bonds is 3. The molecule has 0 radical (unpaired) electrons. The number of hydrogen-bond donors (Lipinski definition) is 0. The lowest BCUT2D eigenvalue weighted by Crippen LogP contribution is -2.21. The van der Waals surface area contributed by atoms with E-state index in [1.54, 1.807) is 24.3 Å². The first-order chi connectivity index (χ1) is 14.4. The first-order valence-electron chi connectivity index (χ1n) is 9.47. The van der Waals surface area contributed by atoms with Crippen LogP contribution in [0.1, 0.15) is 38.6 Å². The van der Waals surface area contributed by atoms with Crippen molar-refractivity contribution in [2.75, 3.05) is 20.1 Å². The molecule has 1 aliphatic heterocycles. The summed E-state index contributed by atoms with van der Waals surface area (Å²) >= 11 is 6.44. The molecule has 0 N–H and O–H groups in total. The molecule has 2 heterocycles. The number of hydrogen-bond acceptors (Lipinski definition) is 6. The Bertz CT molecular complexity index is 1150. The minimum atomic E-state index is -0.688. The molecule has 152 valence electrons. The molecule has 30 heavy (non-hydrogen) atoms. The number of carbonyl (C=O) groups is 2. The molecule has 6 nitrogen and oxygen atoms in total. The van der Waals surface area contributed by atoms with Crippen molar-refractivity contribution in [3.63, 3.8) is 0 Å². The van der Waals surface area contributed by atoms with Crippen LogP contribution in [0.4, 0.5) is 4.39 Å². The van der Waals surface area contributed by atoms with E-state index in [-0.39, 0.29) is 45.2 Å². The number of ketones is 2. The Morgan fingerprint density at radius 3 is 2.60 bits per heavy atom. The number of halogens is 2. The third-order valence-electron chi connectivity index (χ3n) is 5.38. The molecule has 1 aliphatic carbocycles. The molecule has 3 aromatic rings. The second kappa shape index (κ2) is 7.04. The lowest BCUT2D eigenvalue weighted by Gasteiger charge is -2.16. The minimum absolute atomic E-state index is 0.0134. The number of aromatic nitrogens is 1. The predicted octanol–water partition coefficient (Wildman–Crippen LogP) is 3.99. The quantitative estimate of drug-likeness (QED) is 0.493. The summed E-state index contributed by atoms with van der Waals surface area (Å²) in [4.78, 5) is 31.8. The van der Waals surface area contributed by atoms with Gasteiger partial charge in [-0.05, 0) is 25.6 Å². The molecule has 0 amide bonds. The van der Waals surface area contributed by atoms with Crippen molar-refractivity contribution >= 4 is 23.2 Å². The molecule has 0 saturated carbocycles. The van der Waals surface area contributed by atoms with Gasteiger partial charge in [-0.15, -0.1) is 0 Å². The maximum absolute atomic E-state index is 14.7. The van der Waals surface area contributed by atoms with Crippen LogP contribution in [0.3, 0.4) is 0 Å². The fraction of sp³-hybridized carbons (Fsp3) is 0.227. The molecule has 1 aromatic heterocycles. The lowest BCUT2D eigenvalue weighted by atomic mass is 9.91. The van der Waals surface area contributed by atoms with Gasteiger partial charge in [0.1, 0.15) is 17.7 Å². The SMILES string of the molecule is CN1CCC(Oc2ccc(F)c(-c3nc4c(o3)C(=O)c3ccccc3C4=O)c2Cl)C1. The van der Waals surface area contributed by atoms with Crippen molar-refractivity contribution in [1.82, 2.24) is 9.88 Å². The molecule has 0 spiro atoms. The molecule has 1 atom stereocenters. The summed E-state index contributed by atoms with van der Waals surface area (Å²) in [6, 6.07) is 9.07. The molecule has 2 aromatic carbocycles. The van der Waals surface area contributed by atoms with E-state index in [4.69, 9.17) is 20.8 Å². The van der Waals surface area contributed by atoms with E-state index in [0.717, 1.165) is 19.5 Å². The van der Waals surface area contributed by atoms with Gasteiger partial charge in [0.05, 0.1) is 10.6 Å². The Morgan fingerprint density at radius 2 is 1.90 bits per heavy atom. The molecule has 0 bridgehead atoms. The van der Waals surface area contributed by atoms with Gasteiger partial charge in [0.2, 0.25) is 23.2 Å². The van der Waals surface area contributed by atoms with Crippen molar-refractivity contribution in [3.05, 3.63) is 69.8 Å². The molecule has 5 rings (SSSR count). The zero-order valence-electron chi connectivity index (χ0n) is 15.9. The third kappa shape index (κ3) is 2.93. The number of ether oxygens (including phenoxy) is 1. The Balaban J connectivity index is 1.56. The van der Waals surface area contributed by atoms with Crippen LogP contribution in [0.5, 0.6) is 5.75 Å². The molecule has 1 fully saturated rings. The number of carbonyl (C=O) groups excluding carboxylic acids is 2. The van der Waals surface area contributed by atoms with E-state index in [9.17, 15) is 14.0 Å². The van der Waals surface area contributed by atoms with Gasteiger partial charge >= 0.3 is 0 Å². The fourth-order valence-corrected chi connectivity index (χ4v) is 4.13. The van der Waals surface area contributed by atoms with Crippen LogP contribution >= 0.6 is 11.6 Å². The van der Waals surface area contributed by atoms with Crippen LogP contribution < -0.4 is 4.74 Å². The number of benzene rings is 2. The van der Waals surface area contributed by atoms with Crippen LogP contribution in [-0.4, -0.2) is 47.7 Å². The van der Waals surface area contributed by atoms with E-state index < -0.39 is 17.4 Å². The molecular weight excluding hydrogens is 411 g/mol. The molecule has 1 saturated heterocycles. The number of likely N-dealkylation sites (N-methyl/N-ethyl adjacent to an activating group) is 1. The summed E-state index contributed by atoms with van der Waals surface area (Å²) in [5.41, 5.74) is 0.183. The highest BCUT2D eigenvalue weighted by molar-refractivity contribution is 6.34. The lowest BCUT2D eigenvalue weighted by molar-refractivity contribution is 0.0959. The van der Waals surface area contributed by atoms with E-state index in [1.165, 1.54) is 12.1 Å². The van der Waals surface area contributed by atoms with Gasteiger partial charge in [0.25, 0.3) is 0 Å². The summed E-state index contributed by atoms with van der Waals surface area (Å²) in [5.74, 6) is -1.76. The second-order valence-corrected chi connectivity index (χ2v) is 7.80. The van der Waals surface area contributed by atoms with Crippen molar-refractivity contribution in [1.29, 1.82) is 0 Å². The van der Waals surface area contributed by atoms with Gasteiger partial charge in [-0.2, -0.15) is 0 Å². The highest BCUT2D eigenvalue weighted by Gasteiger charge is 2.36. The summed E-state index contributed by atoms with van der Waals surface area (Å²) in [6.07, 6.45) is 0.759. The predicted molar refractivity (Wildman–Crippen MR) is 107 cm³/mol. The average Bonchev–Trinajstić information content (AvgIpc) is 3.35. The first-order valence-corrected chi connectivity index (χ1v) is 9.84. The van der Waals surface area contributed by atoms with Gasteiger partial charge in [0, 0.05) is 24.2 Å². The van der Waals surface area contributed by atoms with E-state index >= 15 is 0 Å². The molecular formula is C22H16ClFN2O4. The summed E-state index contributed by atoms with van der Waals surface area (Å²) in [7, 11) is 1.99. The van der Waals surface area contributed by atoms with Gasteiger partial charge in [-0.1, -0.05) is 35.9 Å². The van der Waals surface area contributed by atoms with E-state index in [1.807, 2.05) is 7.05 Å². The largest absolute Gasteiger partial charge is 0.487 e. The fourth-order valence-electron chi connectivity index (χ4n) is 3.85. The molecule has 1 unspecified atom stereocenters. The summed E-state index contributed by atoms with van der Waals surface area (Å²) < 4.78 is 26.2. The Hall–Kier alpha value is -3.03. The maximum atomic E-state index is 14.7. The third-order valence-corrected chi connectivity index (χ3v) is 5.75. The standard InChI is InChI=1S/C22H16ClFN2O4/c1-26-9-8-11(10-26)29-15-7-6-14(24)16(17(15)23)22-25-18-19(27)12-4-2-3-5-13(12)20(28)21(18)30-22/h2-7,11H,8-10H2,1H3. The molecule has 2 aliphatic rings. The first kappa shape index (κ1) is 19.0. The molecule has 8 heteroatoms. The van der Waals surface area contributed by atoms with Crippen molar-refractivity contribution in [3.8, 4) is 17.2 Å². The number of oxazole rings is 1. The van der Waals surface area contributed by atoms with E-state index in [2.05, 4.69) is 9.88 Å². The highest BCUT2D eigenvalue weighted by Crippen LogP contribution is 2.40. The van der Waals surface area contributed by atoms with E-state index in [0.29, 0.717) is 5.75 Å². The van der Waals surface area contributed by atoms with Crippen molar-refractivity contribution in [2.45, 2.75) is 12.5 Å². The van der Waals surface area contributed by atoms with Crippen LogP contribution in [0.2, 0.25) is 5.02 Å². The topological polar surface area (TPSA) is 72.6 Å². The normalized spacial score (nSPS) is 18.4. The summed E-state index contributed by atoms with van der Waals surface area (Å²) in [5, 5.41) is -0.0134. The smallest absolute Gasteiger partial charge is 0.232 e. The maximum Gasteiger partial charge on any atom is 0.232 e. The zero-order valence-corrected chi connectivity index (χ0v) is 16.7. The monoisotopic (exact) mass is 426 g/mol. The Kier molecular flexibility index (Phi) is 4.45. The zero-order chi connectivity index (χ0) is 21.0. The Labute approximate surface area is 176 Å². The number of nitrogens with zero attached hydrogens (tertiary/aromatic N) is 2. The van der Waals surface area contributed by atoms with Crippen LogP contribution in [0, 0.1) is 5.82 Å². The number of fused-ring (bicyclic) bond motifs is 2. The summed E-state index contributed by atoms with van der Waals surface area (Å²) in [6.45, 7) is 1.63. The van der Waals surface area contributed by atoms with Gasteiger partial charge in [0.15, 0.2) is 5.69 Å². The van der Waals surface area contributed by atoms with Gasteiger partial charge < -0.3 is 14.1 Å². The van der Waals surface area contributed by atoms with Crippen LogP contribution in [-0.2, 0) is 0 Å².